The van der Waals surface area contributed by atoms with Crippen LogP contribution >= 0.6 is 11.6 Å². The average molecular weight is 593 g/mol. The van der Waals surface area contributed by atoms with Crippen LogP contribution in [-0.2, 0) is 22.5 Å². The molecule has 0 radical (unpaired) electrons. The monoisotopic (exact) mass is 592 g/mol. The van der Waals surface area contributed by atoms with Gasteiger partial charge in [-0.05, 0) is 31.4 Å². The quantitative estimate of drug-likeness (QED) is 0.157. The van der Waals surface area contributed by atoms with Crippen LogP contribution in [0.25, 0.3) is 11.2 Å². The van der Waals surface area contributed by atoms with Gasteiger partial charge in [0.2, 0.25) is 11.8 Å². The number of carbonyl (C=O) groups excluding carboxylic acids is 2. The molecule has 216 valence electrons. The minimum Gasteiger partial charge on any atom is -0.469 e. The predicted molar refractivity (Wildman–Crippen MR) is 148 cm³/mol. The van der Waals surface area contributed by atoms with Crippen molar-refractivity contribution in [1.82, 2.24) is 34.6 Å². The summed E-state index contributed by atoms with van der Waals surface area (Å²) in [7, 11) is 1.42. The predicted octanol–water partition coefficient (Wildman–Crippen LogP) is 2.92. The molecular formula is C28H28ClFN9O3+. The third-order valence-corrected chi connectivity index (χ3v) is 8.30. The minimum absolute atomic E-state index is 0.0222. The molecule has 5 aromatic heterocycles. The summed E-state index contributed by atoms with van der Waals surface area (Å²) in [5.41, 5.74) is 4.51. The summed E-state index contributed by atoms with van der Waals surface area (Å²) in [6, 6.07) is 3.57. The summed E-state index contributed by atoms with van der Waals surface area (Å²) in [4.78, 5) is 35.1. The van der Waals surface area contributed by atoms with E-state index in [0.717, 1.165) is 37.2 Å². The number of nitrogens with zero attached hydrogens (tertiary/aromatic N) is 8. The molecule has 42 heavy (non-hydrogen) atoms. The molecule has 6 heterocycles. The Morgan fingerprint density at radius 1 is 1.26 bits per heavy atom. The molecule has 12 nitrogen and oxygen atoms in total. The summed E-state index contributed by atoms with van der Waals surface area (Å²) in [5.74, 6) is -0.658. The Morgan fingerprint density at radius 2 is 2.12 bits per heavy atom. The SMILES string of the molecule is COC(=O)C1CCN(c2cc(C3CC3)nn3cc(Cn4cc(C(=O)CCc5[nH]c[n+]6ccc(Cl)c(F)c56)nn4)nc23)C1. The molecule has 0 bridgehead atoms. The number of aromatic nitrogens is 8. The largest absolute Gasteiger partial charge is 0.469 e. The molecule has 1 aliphatic heterocycles. The van der Waals surface area contributed by atoms with Crippen LogP contribution in [0.4, 0.5) is 10.1 Å². The van der Waals surface area contributed by atoms with Gasteiger partial charge in [0, 0.05) is 31.8 Å². The number of hydrogen-bond donors (Lipinski definition) is 1. The molecule has 0 amide bonds. The van der Waals surface area contributed by atoms with E-state index in [2.05, 4.69) is 26.3 Å². The van der Waals surface area contributed by atoms with Crippen molar-refractivity contribution in [2.45, 2.75) is 44.6 Å². The lowest BCUT2D eigenvalue weighted by atomic mass is 10.1. The maximum absolute atomic E-state index is 14.6. The number of hydrogen-bond acceptors (Lipinski definition) is 8. The second kappa shape index (κ2) is 10.5. The zero-order chi connectivity index (χ0) is 29.0. The van der Waals surface area contributed by atoms with Crippen molar-refractivity contribution in [3.8, 4) is 0 Å². The Labute approximate surface area is 244 Å². The molecule has 1 saturated carbocycles. The fourth-order valence-electron chi connectivity index (χ4n) is 5.61. The van der Waals surface area contributed by atoms with Crippen LogP contribution in [0.2, 0.25) is 5.02 Å². The standard InChI is InChI=1S/C28H27ClFN9O3/c1-42-28(41)17-6-8-36(11-17)23-10-21(16-2-3-16)34-39-13-18(32-27(23)39)12-38-14-22(33-35-38)24(40)5-4-20-26-25(30)19(29)7-9-37(26)15-31-20/h7,9-10,13-17H,2-6,8,11-12H2,1H3/p+1. The lowest BCUT2D eigenvalue weighted by Gasteiger charge is -2.19. The van der Waals surface area contributed by atoms with Crippen LogP contribution in [0.1, 0.15) is 59.2 Å². The number of ketones is 1. The zero-order valence-corrected chi connectivity index (χ0v) is 23.6. The van der Waals surface area contributed by atoms with Crippen LogP contribution in [0.5, 0.6) is 0 Å². The highest BCUT2D eigenvalue weighted by Crippen LogP contribution is 2.41. The van der Waals surface area contributed by atoms with Crippen molar-refractivity contribution < 1.29 is 23.1 Å². The Balaban J connectivity index is 1.08. The van der Waals surface area contributed by atoms with Crippen LogP contribution in [0.3, 0.4) is 0 Å². The van der Waals surface area contributed by atoms with Gasteiger partial charge in [-0.2, -0.15) is 9.50 Å². The number of carbonyl (C=O) groups is 2. The summed E-state index contributed by atoms with van der Waals surface area (Å²) < 4.78 is 24.5. The van der Waals surface area contributed by atoms with Crippen molar-refractivity contribution in [2.75, 3.05) is 25.1 Å². The number of fused-ring (bicyclic) bond motifs is 2. The number of aromatic amines is 1. The third-order valence-electron chi connectivity index (χ3n) is 8.01. The van der Waals surface area contributed by atoms with Crippen molar-refractivity contribution >= 4 is 40.2 Å². The maximum atomic E-state index is 14.6. The van der Waals surface area contributed by atoms with Gasteiger partial charge in [0.05, 0.1) is 60.3 Å². The number of imidazole rings is 2. The number of aryl methyl sites for hydroxylation is 1. The molecule has 1 saturated heterocycles. The van der Waals surface area contributed by atoms with Crippen LogP contribution in [0.15, 0.2) is 37.1 Å². The van der Waals surface area contributed by atoms with E-state index in [1.165, 1.54) is 13.2 Å². The van der Waals surface area contributed by atoms with E-state index in [1.54, 1.807) is 32.3 Å². The summed E-state index contributed by atoms with van der Waals surface area (Å²) in [6.45, 7) is 1.61. The first kappa shape index (κ1) is 26.5. The molecule has 2 aliphatic rings. The molecule has 0 aromatic carbocycles. The van der Waals surface area contributed by atoms with E-state index in [4.69, 9.17) is 26.4 Å². The summed E-state index contributed by atoms with van der Waals surface area (Å²) >= 11 is 5.94. The molecule has 5 aromatic rings. The number of H-pyrrole nitrogens is 1. The third kappa shape index (κ3) is 4.87. The highest BCUT2D eigenvalue weighted by atomic mass is 35.5. The number of rotatable bonds is 9. The number of methoxy groups -OCH3 is 1. The molecule has 14 heteroatoms. The van der Waals surface area contributed by atoms with E-state index >= 15 is 0 Å². The number of nitrogens with one attached hydrogen (secondary N) is 1. The van der Waals surface area contributed by atoms with Crippen molar-refractivity contribution in [3.05, 3.63) is 70.7 Å². The summed E-state index contributed by atoms with van der Waals surface area (Å²) in [5, 5.41) is 13.0. The van der Waals surface area contributed by atoms with Gasteiger partial charge in [-0.15, -0.1) is 5.10 Å². The number of anilines is 1. The van der Waals surface area contributed by atoms with Gasteiger partial charge in [-0.25, -0.2) is 23.6 Å². The van der Waals surface area contributed by atoms with Crippen molar-refractivity contribution in [2.24, 2.45) is 5.92 Å². The van der Waals surface area contributed by atoms with Gasteiger partial charge in [0.1, 0.15) is 5.69 Å². The molecular weight excluding hydrogens is 565 g/mol. The van der Waals surface area contributed by atoms with E-state index < -0.39 is 5.82 Å². The number of pyridine rings is 1. The second-order valence-corrected chi connectivity index (χ2v) is 11.3. The van der Waals surface area contributed by atoms with Gasteiger partial charge in [-0.3, -0.25) is 9.59 Å². The number of esters is 1. The number of ether oxygens (including phenoxy) is 1. The van der Waals surface area contributed by atoms with Gasteiger partial charge < -0.3 is 9.64 Å². The zero-order valence-electron chi connectivity index (χ0n) is 22.8. The fourth-order valence-corrected chi connectivity index (χ4v) is 5.76. The van der Waals surface area contributed by atoms with Gasteiger partial charge in [-0.1, -0.05) is 16.8 Å². The molecule has 1 unspecified atom stereocenters. The van der Waals surface area contributed by atoms with E-state index in [1.807, 2.05) is 6.20 Å². The van der Waals surface area contributed by atoms with E-state index in [9.17, 15) is 14.0 Å². The highest BCUT2D eigenvalue weighted by Gasteiger charge is 2.33. The minimum atomic E-state index is -0.531. The summed E-state index contributed by atoms with van der Waals surface area (Å²) in [6.07, 6.45) is 10.1. The van der Waals surface area contributed by atoms with Gasteiger partial charge in [0.25, 0.3) is 0 Å². The Morgan fingerprint density at radius 3 is 2.93 bits per heavy atom. The Kier molecular flexibility index (Phi) is 6.60. The number of Topliss-reactive ketones (excluding diaryl/α,β-unsaturated/α-hetero) is 1. The molecule has 1 aliphatic carbocycles. The molecule has 2 fully saturated rings. The molecule has 0 spiro atoms. The second-order valence-electron chi connectivity index (χ2n) is 10.9. The normalized spacial score (nSPS) is 17.0. The van der Waals surface area contributed by atoms with Crippen molar-refractivity contribution in [1.29, 1.82) is 0 Å². The lowest BCUT2D eigenvalue weighted by molar-refractivity contribution is -0.512. The first-order valence-electron chi connectivity index (χ1n) is 13.9. The maximum Gasteiger partial charge on any atom is 0.310 e. The first-order chi connectivity index (χ1) is 20.4. The number of halogens is 2. The van der Waals surface area contributed by atoms with Crippen LogP contribution in [-0.4, -0.2) is 66.5 Å². The van der Waals surface area contributed by atoms with Gasteiger partial charge in [0.15, 0.2) is 22.9 Å². The highest BCUT2D eigenvalue weighted by molar-refractivity contribution is 6.31. The first-order valence-corrected chi connectivity index (χ1v) is 14.3. The lowest BCUT2D eigenvalue weighted by Crippen LogP contribution is -2.24. The van der Waals surface area contributed by atoms with E-state index in [-0.39, 0.29) is 41.2 Å². The van der Waals surface area contributed by atoms with Crippen LogP contribution < -0.4 is 9.30 Å². The molecule has 1 N–H and O–H groups in total. The van der Waals surface area contributed by atoms with Crippen molar-refractivity contribution in [3.63, 3.8) is 0 Å². The topological polar surface area (TPSA) is 127 Å². The van der Waals surface area contributed by atoms with Crippen LogP contribution in [0, 0.1) is 11.7 Å². The fraction of sp³-hybridized carbons (Fsp3) is 0.393. The van der Waals surface area contributed by atoms with E-state index in [0.29, 0.717) is 41.6 Å². The Hall–Kier alpha value is -4.39. The molecule has 7 rings (SSSR count). The average Bonchev–Trinajstić information content (AvgIpc) is 3.36. The smallest absolute Gasteiger partial charge is 0.310 e. The molecule has 1 atom stereocenters. The van der Waals surface area contributed by atoms with Gasteiger partial charge >= 0.3 is 5.97 Å². The Bertz CT molecular complexity index is 1840.